The topological polar surface area (TPSA) is 55.1 Å². The maximum atomic E-state index is 12.0. The Labute approximate surface area is 123 Å². The summed E-state index contributed by atoms with van der Waals surface area (Å²) in [6, 6.07) is 3.83. The zero-order valence-corrected chi connectivity index (χ0v) is 12.9. The molecule has 1 aromatic carbocycles. The van der Waals surface area contributed by atoms with Gasteiger partial charge in [-0.2, -0.15) is 0 Å². The second-order valence-corrected chi connectivity index (χ2v) is 6.30. The third-order valence-electron chi connectivity index (χ3n) is 3.78. The molecule has 1 aromatic rings. The third kappa shape index (κ3) is 3.96. The van der Waals surface area contributed by atoms with Crippen molar-refractivity contribution in [2.24, 2.45) is 5.92 Å². The molecule has 2 rings (SSSR count). The minimum Gasteiger partial charge on any atom is -0.397 e. The van der Waals surface area contributed by atoms with Crippen LogP contribution >= 0.6 is 15.9 Å². The number of nitrogens with two attached hydrogens (primary N) is 1. The molecule has 1 fully saturated rings. The van der Waals surface area contributed by atoms with Crippen LogP contribution in [0.2, 0.25) is 0 Å². The maximum Gasteiger partial charge on any atom is 0.224 e. The number of benzene rings is 1. The number of halogens is 1. The van der Waals surface area contributed by atoms with Crippen molar-refractivity contribution in [3.05, 3.63) is 22.2 Å². The van der Waals surface area contributed by atoms with Gasteiger partial charge in [0, 0.05) is 10.9 Å². The Morgan fingerprint density at radius 3 is 2.74 bits per heavy atom. The van der Waals surface area contributed by atoms with Gasteiger partial charge in [0.25, 0.3) is 0 Å². The molecule has 0 bridgehead atoms. The smallest absolute Gasteiger partial charge is 0.224 e. The largest absolute Gasteiger partial charge is 0.397 e. The van der Waals surface area contributed by atoms with Crippen LogP contribution in [0.4, 0.5) is 11.4 Å². The van der Waals surface area contributed by atoms with Crippen molar-refractivity contribution in [1.29, 1.82) is 0 Å². The number of rotatable bonds is 4. The van der Waals surface area contributed by atoms with Crippen LogP contribution in [0.1, 0.15) is 44.1 Å². The van der Waals surface area contributed by atoms with E-state index in [0.717, 1.165) is 22.4 Å². The molecule has 3 N–H and O–H groups in total. The van der Waals surface area contributed by atoms with Crippen molar-refractivity contribution in [1.82, 2.24) is 0 Å². The first-order valence-electron chi connectivity index (χ1n) is 6.91. The fourth-order valence-corrected chi connectivity index (χ4v) is 3.43. The van der Waals surface area contributed by atoms with Crippen LogP contribution in [0.3, 0.4) is 0 Å². The highest BCUT2D eigenvalue weighted by Crippen LogP contribution is 2.31. The van der Waals surface area contributed by atoms with E-state index in [9.17, 15) is 4.79 Å². The van der Waals surface area contributed by atoms with Crippen LogP contribution in [0.15, 0.2) is 16.6 Å². The van der Waals surface area contributed by atoms with Crippen molar-refractivity contribution in [3.63, 3.8) is 0 Å². The Kier molecular flexibility index (Phi) is 4.86. The van der Waals surface area contributed by atoms with E-state index in [1.54, 1.807) is 0 Å². The SMILES string of the molecule is Cc1cc(N)c(NC(=O)CCC2CCCC2)c(Br)c1. The van der Waals surface area contributed by atoms with E-state index in [2.05, 4.69) is 21.2 Å². The number of hydrogen-bond acceptors (Lipinski definition) is 2. The van der Waals surface area contributed by atoms with Crippen LogP contribution < -0.4 is 11.1 Å². The van der Waals surface area contributed by atoms with Crippen LogP contribution in [-0.2, 0) is 4.79 Å². The second-order valence-electron chi connectivity index (χ2n) is 5.45. The summed E-state index contributed by atoms with van der Waals surface area (Å²) in [7, 11) is 0. The quantitative estimate of drug-likeness (QED) is 0.813. The summed E-state index contributed by atoms with van der Waals surface area (Å²) in [6.45, 7) is 1.98. The fourth-order valence-electron chi connectivity index (χ4n) is 2.74. The predicted octanol–water partition coefficient (Wildman–Crippen LogP) is 4.25. The molecule has 0 atom stereocenters. The lowest BCUT2D eigenvalue weighted by atomic mass is 10.0. The molecule has 0 unspecified atom stereocenters. The molecule has 3 nitrogen and oxygen atoms in total. The van der Waals surface area contributed by atoms with Gasteiger partial charge >= 0.3 is 0 Å². The van der Waals surface area contributed by atoms with E-state index in [-0.39, 0.29) is 5.91 Å². The van der Waals surface area contributed by atoms with E-state index < -0.39 is 0 Å². The molecule has 19 heavy (non-hydrogen) atoms. The maximum absolute atomic E-state index is 12.0. The van der Waals surface area contributed by atoms with Gasteiger partial charge in [0.05, 0.1) is 11.4 Å². The van der Waals surface area contributed by atoms with E-state index >= 15 is 0 Å². The number of hydrogen-bond donors (Lipinski definition) is 2. The molecule has 0 aromatic heterocycles. The van der Waals surface area contributed by atoms with Gasteiger partial charge in [-0.15, -0.1) is 0 Å². The van der Waals surface area contributed by atoms with Gasteiger partial charge in [-0.3, -0.25) is 4.79 Å². The molecule has 104 valence electrons. The van der Waals surface area contributed by atoms with Gasteiger partial charge in [0.2, 0.25) is 5.91 Å². The zero-order chi connectivity index (χ0) is 13.8. The van der Waals surface area contributed by atoms with Crippen LogP contribution in [0.5, 0.6) is 0 Å². The van der Waals surface area contributed by atoms with Crippen molar-refractivity contribution in [3.8, 4) is 0 Å². The molecular formula is C15H21BrN2O. The summed E-state index contributed by atoms with van der Waals surface area (Å²) < 4.78 is 0.846. The highest BCUT2D eigenvalue weighted by Gasteiger charge is 2.17. The minimum atomic E-state index is 0.0585. The van der Waals surface area contributed by atoms with Crippen LogP contribution in [-0.4, -0.2) is 5.91 Å². The average molecular weight is 325 g/mol. The summed E-state index contributed by atoms with van der Waals surface area (Å²) in [6.07, 6.45) is 6.79. The molecule has 0 aliphatic heterocycles. The Morgan fingerprint density at radius 1 is 1.42 bits per heavy atom. The average Bonchev–Trinajstić information content (AvgIpc) is 2.84. The van der Waals surface area contributed by atoms with Crippen molar-refractivity contribution in [2.45, 2.75) is 45.4 Å². The summed E-state index contributed by atoms with van der Waals surface area (Å²) in [5, 5.41) is 2.92. The Hall–Kier alpha value is -1.03. The molecule has 1 saturated carbocycles. The van der Waals surface area contributed by atoms with Crippen molar-refractivity contribution < 1.29 is 4.79 Å². The van der Waals surface area contributed by atoms with Gasteiger partial charge in [-0.1, -0.05) is 25.7 Å². The second kappa shape index (κ2) is 6.42. The minimum absolute atomic E-state index is 0.0585. The molecule has 0 spiro atoms. The summed E-state index contributed by atoms with van der Waals surface area (Å²) in [4.78, 5) is 12.0. The van der Waals surface area contributed by atoms with E-state index in [1.165, 1.54) is 25.7 Å². The number of carbonyl (C=O) groups excluding carboxylic acids is 1. The van der Waals surface area contributed by atoms with Crippen LogP contribution in [0, 0.1) is 12.8 Å². The van der Waals surface area contributed by atoms with Gasteiger partial charge < -0.3 is 11.1 Å². The molecule has 4 heteroatoms. The summed E-state index contributed by atoms with van der Waals surface area (Å²) in [5.74, 6) is 0.799. The molecule has 1 aliphatic carbocycles. The van der Waals surface area contributed by atoms with E-state index in [0.29, 0.717) is 17.8 Å². The number of nitrogens with one attached hydrogen (secondary N) is 1. The zero-order valence-electron chi connectivity index (χ0n) is 11.3. The van der Waals surface area contributed by atoms with Crippen molar-refractivity contribution >= 4 is 33.2 Å². The summed E-state index contributed by atoms with van der Waals surface area (Å²) >= 11 is 3.45. The normalized spacial score (nSPS) is 15.7. The van der Waals surface area contributed by atoms with E-state index in [4.69, 9.17) is 5.73 Å². The lowest BCUT2D eigenvalue weighted by Gasteiger charge is -2.13. The first-order valence-corrected chi connectivity index (χ1v) is 7.71. The lowest BCUT2D eigenvalue weighted by Crippen LogP contribution is -2.14. The van der Waals surface area contributed by atoms with Gasteiger partial charge in [-0.05, 0) is 52.9 Å². The fraction of sp³-hybridized carbons (Fsp3) is 0.533. The lowest BCUT2D eigenvalue weighted by molar-refractivity contribution is -0.116. The first kappa shape index (κ1) is 14.4. The van der Waals surface area contributed by atoms with Crippen molar-refractivity contribution in [2.75, 3.05) is 11.1 Å². The Balaban J connectivity index is 1.91. The van der Waals surface area contributed by atoms with Gasteiger partial charge in [-0.25, -0.2) is 0 Å². The third-order valence-corrected chi connectivity index (χ3v) is 4.41. The van der Waals surface area contributed by atoms with Gasteiger partial charge in [0.15, 0.2) is 0 Å². The number of carbonyl (C=O) groups is 1. The molecule has 1 amide bonds. The van der Waals surface area contributed by atoms with Crippen LogP contribution in [0.25, 0.3) is 0 Å². The highest BCUT2D eigenvalue weighted by molar-refractivity contribution is 9.10. The Bertz CT molecular complexity index is 444. The number of aryl methyl sites for hydroxylation is 1. The standard InChI is InChI=1S/C15H21BrN2O/c1-10-8-12(16)15(13(17)9-10)18-14(19)7-6-11-4-2-3-5-11/h8-9,11H,2-7,17H2,1H3,(H,18,19). The van der Waals surface area contributed by atoms with E-state index in [1.807, 2.05) is 19.1 Å². The molecule has 0 saturated heterocycles. The molecule has 0 heterocycles. The first-order chi connectivity index (χ1) is 9.06. The predicted molar refractivity (Wildman–Crippen MR) is 83.1 cm³/mol. The number of anilines is 2. The monoisotopic (exact) mass is 324 g/mol. The number of amides is 1. The number of nitrogen functional groups attached to an aromatic ring is 1. The molecular weight excluding hydrogens is 304 g/mol. The molecule has 0 radical (unpaired) electrons. The van der Waals surface area contributed by atoms with Gasteiger partial charge in [0.1, 0.15) is 0 Å². The highest BCUT2D eigenvalue weighted by atomic mass is 79.9. The summed E-state index contributed by atoms with van der Waals surface area (Å²) in [5.41, 5.74) is 8.33. The molecule has 1 aliphatic rings. The Morgan fingerprint density at radius 2 is 2.11 bits per heavy atom.